The average Bonchev–Trinajstić information content (AvgIpc) is 3.24. The number of halogens is 1. The lowest BCUT2D eigenvalue weighted by atomic mass is 10.0. The third kappa shape index (κ3) is 5.82. The van der Waals surface area contributed by atoms with Crippen molar-refractivity contribution in [3.63, 3.8) is 0 Å². The van der Waals surface area contributed by atoms with Crippen LogP contribution in [0.2, 0.25) is 0 Å². The molecule has 0 saturated carbocycles. The van der Waals surface area contributed by atoms with Gasteiger partial charge in [0.2, 0.25) is 5.91 Å². The lowest BCUT2D eigenvalue weighted by Crippen LogP contribution is -2.51. The van der Waals surface area contributed by atoms with Gasteiger partial charge in [0.05, 0.1) is 4.47 Å². The van der Waals surface area contributed by atoms with Crippen molar-refractivity contribution >= 4 is 27.7 Å². The molecule has 5 nitrogen and oxygen atoms in total. The maximum absolute atomic E-state index is 13.0. The van der Waals surface area contributed by atoms with Crippen molar-refractivity contribution in [3.8, 4) is 5.75 Å². The van der Waals surface area contributed by atoms with Crippen molar-refractivity contribution in [1.29, 1.82) is 0 Å². The van der Waals surface area contributed by atoms with Gasteiger partial charge in [-0.05, 0) is 65.9 Å². The summed E-state index contributed by atoms with van der Waals surface area (Å²) in [5, 5.41) is 2.92. The Balaban J connectivity index is 1.69. The number of hydrogen-bond acceptors (Lipinski definition) is 3. The van der Waals surface area contributed by atoms with E-state index in [2.05, 4.69) is 21.2 Å². The van der Waals surface area contributed by atoms with Crippen LogP contribution in [-0.4, -0.2) is 41.9 Å². The number of rotatable bonds is 7. The monoisotopic (exact) mass is 458 g/mol. The number of ether oxygens (including phenoxy) is 1. The first kappa shape index (κ1) is 21.4. The molecule has 0 spiro atoms. The van der Waals surface area contributed by atoms with Gasteiger partial charge < -0.3 is 15.0 Å². The fraction of sp³-hybridized carbons (Fsp3) is 0.391. The molecule has 3 rings (SSSR count). The van der Waals surface area contributed by atoms with E-state index in [1.807, 2.05) is 60.4 Å². The summed E-state index contributed by atoms with van der Waals surface area (Å²) in [6.45, 7) is 5.19. The number of aryl methyl sites for hydroxylation is 1. The summed E-state index contributed by atoms with van der Waals surface area (Å²) in [6, 6.07) is 14.9. The summed E-state index contributed by atoms with van der Waals surface area (Å²) in [5.41, 5.74) is 2.11. The van der Waals surface area contributed by atoms with Gasteiger partial charge in [-0.1, -0.05) is 36.4 Å². The van der Waals surface area contributed by atoms with E-state index in [4.69, 9.17) is 4.74 Å². The van der Waals surface area contributed by atoms with Crippen molar-refractivity contribution < 1.29 is 14.3 Å². The highest BCUT2D eigenvalue weighted by Crippen LogP contribution is 2.26. The van der Waals surface area contributed by atoms with E-state index < -0.39 is 12.1 Å². The van der Waals surface area contributed by atoms with Crippen LogP contribution in [0.1, 0.15) is 30.9 Å². The Morgan fingerprint density at radius 2 is 1.83 bits per heavy atom. The van der Waals surface area contributed by atoms with E-state index in [1.165, 1.54) is 0 Å². The first-order valence-corrected chi connectivity index (χ1v) is 10.8. The van der Waals surface area contributed by atoms with Crippen LogP contribution in [-0.2, 0) is 16.0 Å². The minimum absolute atomic E-state index is 0.0246. The maximum atomic E-state index is 13.0. The molecule has 2 amide bonds. The van der Waals surface area contributed by atoms with Gasteiger partial charge in [-0.25, -0.2) is 0 Å². The SMILES string of the molecule is Cc1ccc(OC(C)C(=O)NC(Cc2ccccc2)C(=O)N2CCCC2)c(Br)c1. The van der Waals surface area contributed by atoms with Gasteiger partial charge in [0.25, 0.3) is 5.91 Å². The fourth-order valence-electron chi connectivity index (χ4n) is 3.44. The molecule has 6 heteroatoms. The molecule has 1 saturated heterocycles. The molecule has 1 N–H and O–H groups in total. The lowest BCUT2D eigenvalue weighted by Gasteiger charge is -2.25. The summed E-state index contributed by atoms with van der Waals surface area (Å²) in [4.78, 5) is 27.7. The predicted molar refractivity (Wildman–Crippen MR) is 117 cm³/mol. The summed E-state index contributed by atoms with van der Waals surface area (Å²) in [7, 11) is 0. The van der Waals surface area contributed by atoms with Gasteiger partial charge in [-0.3, -0.25) is 9.59 Å². The Morgan fingerprint density at radius 3 is 2.48 bits per heavy atom. The van der Waals surface area contributed by atoms with E-state index in [-0.39, 0.29) is 11.8 Å². The van der Waals surface area contributed by atoms with E-state index >= 15 is 0 Å². The van der Waals surface area contributed by atoms with E-state index in [1.54, 1.807) is 6.92 Å². The predicted octanol–water partition coefficient (Wildman–Crippen LogP) is 3.87. The molecule has 1 aliphatic rings. The smallest absolute Gasteiger partial charge is 0.261 e. The number of carbonyl (C=O) groups is 2. The molecule has 0 aromatic heterocycles. The zero-order valence-corrected chi connectivity index (χ0v) is 18.4. The Hall–Kier alpha value is -2.34. The molecular formula is C23H27BrN2O3. The van der Waals surface area contributed by atoms with Crippen LogP contribution in [0, 0.1) is 6.92 Å². The quantitative estimate of drug-likeness (QED) is 0.684. The zero-order valence-electron chi connectivity index (χ0n) is 16.9. The number of carbonyl (C=O) groups excluding carboxylic acids is 2. The number of benzene rings is 2. The number of hydrogen-bond donors (Lipinski definition) is 1. The molecule has 0 aliphatic carbocycles. The van der Waals surface area contributed by atoms with Crippen LogP contribution < -0.4 is 10.1 Å². The van der Waals surface area contributed by atoms with Crippen molar-refractivity contribution in [2.75, 3.05) is 13.1 Å². The number of amides is 2. The van der Waals surface area contributed by atoms with Gasteiger partial charge >= 0.3 is 0 Å². The Labute approximate surface area is 180 Å². The molecular weight excluding hydrogens is 432 g/mol. The normalized spacial score (nSPS) is 15.6. The van der Waals surface area contributed by atoms with Gasteiger partial charge in [0.1, 0.15) is 11.8 Å². The molecule has 0 bridgehead atoms. The van der Waals surface area contributed by atoms with Crippen LogP contribution in [0.25, 0.3) is 0 Å². The van der Waals surface area contributed by atoms with Crippen LogP contribution in [0.3, 0.4) is 0 Å². The zero-order chi connectivity index (χ0) is 20.8. The number of likely N-dealkylation sites (tertiary alicyclic amines) is 1. The highest BCUT2D eigenvalue weighted by molar-refractivity contribution is 9.10. The second-order valence-electron chi connectivity index (χ2n) is 7.48. The second-order valence-corrected chi connectivity index (χ2v) is 8.33. The molecule has 154 valence electrons. The van der Waals surface area contributed by atoms with Gasteiger partial charge in [0.15, 0.2) is 6.10 Å². The van der Waals surface area contributed by atoms with E-state index in [0.29, 0.717) is 12.2 Å². The van der Waals surface area contributed by atoms with E-state index in [9.17, 15) is 9.59 Å². The Morgan fingerprint density at radius 1 is 1.14 bits per heavy atom. The molecule has 29 heavy (non-hydrogen) atoms. The third-order valence-electron chi connectivity index (χ3n) is 5.08. The standard InChI is InChI=1S/C23H27BrN2O3/c1-16-10-11-21(19(24)14-16)29-17(2)22(27)25-20(15-18-8-4-3-5-9-18)23(28)26-12-6-7-13-26/h3-5,8-11,14,17,20H,6-7,12-13,15H2,1-2H3,(H,25,27). The Bertz CT molecular complexity index is 850. The van der Waals surface area contributed by atoms with Gasteiger partial charge in [-0.15, -0.1) is 0 Å². The van der Waals surface area contributed by atoms with Crippen LogP contribution >= 0.6 is 15.9 Å². The van der Waals surface area contributed by atoms with Crippen LogP contribution in [0.5, 0.6) is 5.75 Å². The highest BCUT2D eigenvalue weighted by atomic mass is 79.9. The largest absolute Gasteiger partial charge is 0.480 e. The lowest BCUT2D eigenvalue weighted by molar-refractivity contribution is -0.137. The third-order valence-corrected chi connectivity index (χ3v) is 5.70. The molecule has 0 radical (unpaired) electrons. The van der Waals surface area contributed by atoms with Gasteiger partial charge in [-0.2, -0.15) is 0 Å². The van der Waals surface area contributed by atoms with Crippen molar-refractivity contribution in [3.05, 3.63) is 64.1 Å². The molecule has 1 heterocycles. The average molecular weight is 459 g/mol. The highest BCUT2D eigenvalue weighted by Gasteiger charge is 2.29. The molecule has 2 aromatic rings. The molecule has 2 atom stereocenters. The minimum atomic E-state index is -0.723. The molecule has 1 aliphatic heterocycles. The van der Waals surface area contributed by atoms with Crippen LogP contribution in [0.4, 0.5) is 0 Å². The maximum Gasteiger partial charge on any atom is 0.261 e. The van der Waals surface area contributed by atoms with Crippen molar-refractivity contribution in [2.24, 2.45) is 0 Å². The van der Waals surface area contributed by atoms with Crippen molar-refractivity contribution in [1.82, 2.24) is 10.2 Å². The number of nitrogens with one attached hydrogen (secondary N) is 1. The van der Waals surface area contributed by atoms with Gasteiger partial charge in [0, 0.05) is 19.5 Å². The topological polar surface area (TPSA) is 58.6 Å². The fourth-order valence-corrected chi connectivity index (χ4v) is 4.03. The summed E-state index contributed by atoms with van der Waals surface area (Å²) in [6.07, 6.45) is 1.76. The van der Waals surface area contributed by atoms with Crippen LogP contribution in [0.15, 0.2) is 53.0 Å². The van der Waals surface area contributed by atoms with Crippen molar-refractivity contribution in [2.45, 2.75) is 45.3 Å². The molecule has 2 aromatic carbocycles. The summed E-state index contributed by atoms with van der Waals surface area (Å²) in [5.74, 6) is 0.276. The first-order chi connectivity index (χ1) is 13.9. The molecule has 1 fully saturated rings. The second kappa shape index (κ2) is 9.92. The summed E-state index contributed by atoms with van der Waals surface area (Å²) < 4.78 is 6.63. The molecule has 2 unspecified atom stereocenters. The number of nitrogens with zero attached hydrogens (tertiary/aromatic N) is 1. The minimum Gasteiger partial charge on any atom is -0.480 e. The summed E-state index contributed by atoms with van der Waals surface area (Å²) >= 11 is 3.47. The van der Waals surface area contributed by atoms with E-state index in [0.717, 1.165) is 41.5 Å². The Kier molecular flexibility index (Phi) is 7.31. The first-order valence-electron chi connectivity index (χ1n) is 10.00.